The molecule has 5 atom stereocenters. The van der Waals surface area contributed by atoms with Crippen molar-refractivity contribution in [3.8, 4) is 0 Å². The molecule has 0 spiro atoms. The molecule has 2 saturated carbocycles. The highest BCUT2D eigenvalue weighted by atomic mass is 16.6. The summed E-state index contributed by atoms with van der Waals surface area (Å²) in [6, 6.07) is 10.3. The van der Waals surface area contributed by atoms with E-state index in [2.05, 4.69) is 63.0 Å². The summed E-state index contributed by atoms with van der Waals surface area (Å²) < 4.78 is 0. The highest BCUT2D eigenvalue weighted by Crippen LogP contribution is 2.63. The molecule has 1 aromatic rings. The molecule has 29 heavy (non-hydrogen) atoms. The monoisotopic (exact) mass is 391 g/mol. The van der Waals surface area contributed by atoms with Gasteiger partial charge in [-0.3, -0.25) is 0 Å². The second kappa shape index (κ2) is 7.78. The fourth-order valence-corrected chi connectivity index (χ4v) is 6.66. The zero-order valence-corrected chi connectivity index (χ0v) is 18.5. The third kappa shape index (κ3) is 3.83. The lowest BCUT2D eigenvalue weighted by Crippen LogP contribution is -2.50. The van der Waals surface area contributed by atoms with E-state index < -0.39 is 0 Å². The minimum absolute atomic E-state index is 0.120. The van der Waals surface area contributed by atoms with E-state index in [1.807, 2.05) is 18.2 Å². The highest BCUT2D eigenvalue weighted by molar-refractivity contribution is 5.66. The van der Waals surface area contributed by atoms with Crippen LogP contribution >= 0.6 is 0 Å². The fourth-order valence-electron chi connectivity index (χ4n) is 6.66. The molecule has 1 aromatic carbocycles. The zero-order chi connectivity index (χ0) is 20.5. The van der Waals surface area contributed by atoms with E-state index in [1.165, 1.54) is 44.1 Å². The molecule has 0 aliphatic heterocycles. The van der Waals surface area contributed by atoms with Crippen molar-refractivity contribution in [2.45, 2.75) is 72.3 Å². The van der Waals surface area contributed by atoms with Crippen molar-refractivity contribution in [1.29, 1.82) is 0 Å². The molecule has 4 rings (SSSR count). The topological polar surface area (TPSA) is 21.6 Å². The molecule has 0 bridgehead atoms. The Morgan fingerprint density at radius 1 is 1.14 bits per heavy atom. The van der Waals surface area contributed by atoms with Gasteiger partial charge in [0.1, 0.15) is 6.61 Å². The molecular formula is C27H37NO. The van der Waals surface area contributed by atoms with Gasteiger partial charge in [-0.1, -0.05) is 80.4 Å². The first kappa shape index (κ1) is 20.4. The maximum absolute atomic E-state index is 5.69. The average Bonchev–Trinajstić information content (AvgIpc) is 2.72. The van der Waals surface area contributed by atoms with E-state index in [0.717, 1.165) is 12.3 Å². The summed E-state index contributed by atoms with van der Waals surface area (Å²) in [5.41, 5.74) is 3.62. The van der Waals surface area contributed by atoms with Gasteiger partial charge in [-0.2, -0.15) is 0 Å². The highest BCUT2D eigenvalue weighted by Gasteiger charge is 2.54. The fraction of sp³-hybridized carbons (Fsp3) is 0.593. The van der Waals surface area contributed by atoms with Crippen LogP contribution in [0.1, 0.15) is 71.3 Å². The van der Waals surface area contributed by atoms with Crippen molar-refractivity contribution in [2.24, 2.45) is 33.2 Å². The average molecular weight is 392 g/mol. The molecule has 3 aliphatic carbocycles. The summed E-state index contributed by atoms with van der Waals surface area (Å²) >= 11 is 0. The van der Waals surface area contributed by atoms with Gasteiger partial charge >= 0.3 is 0 Å². The Morgan fingerprint density at radius 3 is 2.69 bits per heavy atom. The number of fused-ring (bicyclic) bond motifs is 3. The number of nitrogens with zero attached hydrogens (tertiary/aromatic N) is 1. The first-order valence-corrected chi connectivity index (χ1v) is 11.4. The first-order valence-electron chi connectivity index (χ1n) is 11.4. The van der Waals surface area contributed by atoms with Crippen LogP contribution < -0.4 is 0 Å². The molecule has 156 valence electrons. The number of oxime groups is 1. The largest absolute Gasteiger partial charge is 0.391 e. The van der Waals surface area contributed by atoms with E-state index in [1.54, 1.807) is 5.57 Å². The number of rotatable bonds is 5. The van der Waals surface area contributed by atoms with Crippen molar-refractivity contribution in [2.75, 3.05) is 0 Å². The van der Waals surface area contributed by atoms with Crippen molar-refractivity contribution >= 4 is 6.21 Å². The molecule has 0 amide bonds. The molecule has 2 fully saturated rings. The summed E-state index contributed by atoms with van der Waals surface area (Å²) in [6.07, 6.45) is 15.8. The van der Waals surface area contributed by atoms with E-state index >= 15 is 0 Å². The first-order chi connectivity index (χ1) is 13.9. The van der Waals surface area contributed by atoms with Crippen molar-refractivity contribution in [3.63, 3.8) is 0 Å². The van der Waals surface area contributed by atoms with Crippen molar-refractivity contribution in [3.05, 3.63) is 60.2 Å². The summed E-state index contributed by atoms with van der Waals surface area (Å²) in [6.45, 7) is 12.0. The second-order valence-electron chi connectivity index (χ2n) is 10.5. The van der Waals surface area contributed by atoms with E-state index in [9.17, 15) is 0 Å². The van der Waals surface area contributed by atoms with Crippen LogP contribution in [0.2, 0.25) is 0 Å². The molecule has 0 saturated heterocycles. The van der Waals surface area contributed by atoms with Crippen LogP contribution in [0.25, 0.3) is 0 Å². The standard InChI is InChI=1S/C27H37NO/c1-5-25(2)17-14-23-22(18-25)12-13-24-26(3,15-9-16-27(23,24)4)20-28-29-19-21-10-7-6-8-11-21/h5-8,10-11,14,20,22,24H,1,9,12-13,15-19H2,2-4H3/t22-,24+,25-,26-,27-/m0/s1. The summed E-state index contributed by atoms with van der Waals surface area (Å²) in [4.78, 5) is 5.69. The Morgan fingerprint density at radius 2 is 1.93 bits per heavy atom. The molecule has 0 heterocycles. The van der Waals surface area contributed by atoms with Gasteiger partial charge in [0.25, 0.3) is 0 Å². The van der Waals surface area contributed by atoms with E-state index in [-0.39, 0.29) is 10.8 Å². The van der Waals surface area contributed by atoms with Crippen molar-refractivity contribution in [1.82, 2.24) is 0 Å². The minimum atomic E-state index is 0.120. The van der Waals surface area contributed by atoms with E-state index in [0.29, 0.717) is 17.9 Å². The molecule has 2 heteroatoms. The quantitative estimate of drug-likeness (QED) is 0.293. The summed E-state index contributed by atoms with van der Waals surface area (Å²) in [7, 11) is 0. The van der Waals surface area contributed by atoms with Crippen LogP contribution in [0.4, 0.5) is 0 Å². The van der Waals surface area contributed by atoms with Crippen LogP contribution in [0, 0.1) is 28.1 Å². The van der Waals surface area contributed by atoms with Crippen LogP contribution in [-0.4, -0.2) is 6.21 Å². The zero-order valence-electron chi connectivity index (χ0n) is 18.5. The molecular weight excluding hydrogens is 354 g/mol. The number of allylic oxidation sites excluding steroid dienone is 3. The van der Waals surface area contributed by atoms with Gasteiger partial charge in [0.2, 0.25) is 0 Å². The van der Waals surface area contributed by atoms with E-state index in [4.69, 9.17) is 4.84 Å². The molecule has 0 radical (unpaired) electrons. The smallest absolute Gasteiger partial charge is 0.142 e. The Balaban J connectivity index is 1.50. The van der Waals surface area contributed by atoms with Gasteiger partial charge < -0.3 is 4.84 Å². The lowest BCUT2D eigenvalue weighted by molar-refractivity contribution is 0.0113. The van der Waals surface area contributed by atoms with Gasteiger partial charge in [-0.25, -0.2) is 0 Å². The molecule has 3 aliphatic rings. The third-order valence-electron chi connectivity index (χ3n) is 8.37. The number of hydrogen-bond donors (Lipinski definition) is 0. The summed E-state index contributed by atoms with van der Waals surface area (Å²) in [5, 5.41) is 4.47. The van der Waals surface area contributed by atoms with Crippen LogP contribution in [0.3, 0.4) is 0 Å². The minimum Gasteiger partial charge on any atom is -0.391 e. The number of benzene rings is 1. The van der Waals surface area contributed by atoms with Crippen molar-refractivity contribution < 1.29 is 4.84 Å². The number of hydrogen-bond acceptors (Lipinski definition) is 2. The van der Waals surface area contributed by atoms with Crippen LogP contribution in [-0.2, 0) is 11.4 Å². The van der Waals surface area contributed by atoms with Gasteiger partial charge in [-0.15, -0.1) is 6.58 Å². The Labute approximate surface area is 177 Å². The Kier molecular flexibility index (Phi) is 5.48. The SMILES string of the molecule is C=C[C@@]1(C)CC=C2[C@@H](CC[C@H]3[C@@]2(C)CCC[C@@]3(C)C=NOCc2ccccc2)C1. The maximum Gasteiger partial charge on any atom is 0.142 e. The Hall–Kier alpha value is -1.83. The maximum atomic E-state index is 5.69. The molecule has 0 N–H and O–H groups in total. The second-order valence-corrected chi connectivity index (χ2v) is 10.5. The molecule has 0 aromatic heterocycles. The molecule has 0 unspecified atom stereocenters. The van der Waals surface area contributed by atoms with Gasteiger partial charge in [0.05, 0.1) is 0 Å². The molecule has 2 nitrogen and oxygen atoms in total. The van der Waals surface area contributed by atoms with Gasteiger partial charge in [0.15, 0.2) is 0 Å². The third-order valence-corrected chi connectivity index (χ3v) is 8.37. The van der Waals surface area contributed by atoms with Crippen LogP contribution in [0.15, 0.2) is 59.8 Å². The van der Waals surface area contributed by atoms with Gasteiger partial charge in [0, 0.05) is 11.6 Å². The predicted molar refractivity (Wildman–Crippen MR) is 122 cm³/mol. The normalized spacial score (nSPS) is 39.3. The Bertz CT molecular complexity index is 796. The predicted octanol–water partition coefficient (Wildman–Crippen LogP) is 7.32. The van der Waals surface area contributed by atoms with Crippen LogP contribution in [0.5, 0.6) is 0 Å². The summed E-state index contributed by atoms with van der Waals surface area (Å²) in [5.74, 6) is 1.39. The lowest BCUT2D eigenvalue weighted by atomic mass is 9.46. The van der Waals surface area contributed by atoms with Gasteiger partial charge in [-0.05, 0) is 66.8 Å². The lowest BCUT2D eigenvalue weighted by Gasteiger charge is -2.58.